The lowest BCUT2D eigenvalue weighted by Gasteiger charge is -2.09. The van der Waals surface area contributed by atoms with Crippen molar-refractivity contribution in [2.75, 3.05) is 0 Å². The summed E-state index contributed by atoms with van der Waals surface area (Å²) in [7, 11) is 0. The minimum Gasteiger partial charge on any atom is -0.478 e. The molecule has 0 heterocycles. The fraction of sp³-hybridized carbons (Fsp3) is 0. The van der Waals surface area contributed by atoms with Crippen LogP contribution in [0.25, 0.3) is 11.1 Å². The van der Waals surface area contributed by atoms with Crippen molar-refractivity contribution in [3.63, 3.8) is 0 Å². The van der Waals surface area contributed by atoms with Crippen LogP contribution in [-0.2, 0) is 0 Å². The minimum atomic E-state index is -1.00. The summed E-state index contributed by atoms with van der Waals surface area (Å²) in [4.78, 5) is 23.5. The second-order valence-corrected chi connectivity index (χ2v) is 5.13. The summed E-state index contributed by atoms with van der Waals surface area (Å²) in [5.74, 6) is -1.10. The maximum absolute atomic E-state index is 12.1. The zero-order valence-corrected chi connectivity index (χ0v) is 12.7. The predicted molar refractivity (Wildman–Crippen MR) is 90.2 cm³/mol. The number of hydrogen-bond donors (Lipinski definition) is 1. The number of hydrogen-bond acceptors (Lipinski definition) is 3. The first kappa shape index (κ1) is 15.5. The molecule has 1 N–H and O–H groups in total. The van der Waals surface area contributed by atoms with E-state index in [1.165, 1.54) is 0 Å². The van der Waals surface area contributed by atoms with Gasteiger partial charge in [0.25, 0.3) is 0 Å². The molecule has 0 bridgehead atoms. The molecule has 0 saturated heterocycles. The molecule has 0 radical (unpaired) electrons. The maximum Gasteiger partial charge on any atom is 0.343 e. The predicted octanol–water partition coefficient (Wildman–Crippen LogP) is 4.27. The van der Waals surface area contributed by atoms with Gasteiger partial charge in [0.15, 0.2) is 0 Å². The van der Waals surface area contributed by atoms with Gasteiger partial charge in [-0.2, -0.15) is 0 Å². The highest BCUT2D eigenvalue weighted by molar-refractivity contribution is 5.96. The Morgan fingerprint density at radius 3 is 2.25 bits per heavy atom. The third kappa shape index (κ3) is 3.33. The molecule has 4 heteroatoms. The quantitative estimate of drug-likeness (QED) is 0.576. The van der Waals surface area contributed by atoms with Gasteiger partial charge in [0.05, 0.1) is 11.1 Å². The van der Waals surface area contributed by atoms with E-state index in [9.17, 15) is 14.7 Å². The number of carbonyl (C=O) groups excluding carboxylic acids is 1. The van der Waals surface area contributed by atoms with Crippen molar-refractivity contribution in [1.29, 1.82) is 0 Å². The molecule has 4 nitrogen and oxygen atoms in total. The van der Waals surface area contributed by atoms with Crippen molar-refractivity contribution in [1.82, 2.24) is 0 Å². The van der Waals surface area contributed by atoms with Gasteiger partial charge >= 0.3 is 11.9 Å². The van der Waals surface area contributed by atoms with E-state index >= 15 is 0 Å². The van der Waals surface area contributed by atoms with E-state index in [1.54, 1.807) is 72.8 Å². The zero-order valence-electron chi connectivity index (χ0n) is 12.7. The fourth-order valence-electron chi connectivity index (χ4n) is 2.39. The van der Waals surface area contributed by atoms with Crippen LogP contribution in [0.15, 0.2) is 78.9 Å². The first-order chi connectivity index (χ1) is 11.6. The van der Waals surface area contributed by atoms with Gasteiger partial charge in [-0.3, -0.25) is 0 Å². The summed E-state index contributed by atoms with van der Waals surface area (Å²) in [6, 6.07) is 22.2. The van der Waals surface area contributed by atoms with E-state index in [4.69, 9.17) is 4.74 Å². The van der Waals surface area contributed by atoms with Gasteiger partial charge in [-0.25, -0.2) is 9.59 Å². The average Bonchev–Trinajstić information content (AvgIpc) is 2.62. The smallest absolute Gasteiger partial charge is 0.343 e. The van der Waals surface area contributed by atoms with E-state index < -0.39 is 11.9 Å². The molecule has 118 valence electrons. The molecular weight excluding hydrogens is 304 g/mol. The second-order valence-electron chi connectivity index (χ2n) is 5.13. The molecule has 0 amide bonds. The standard InChI is InChI=1S/C20H14O4/c21-19(22)18-12-5-4-11-17(18)15-9-6-10-16(13-15)24-20(23)14-7-2-1-3-8-14/h1-13H,(H,21,22). The molecule has 3 rings (SSSR count). The van der Waals surface area contributed by atoms with Gasteiger partial charge in [-0.05, 0) is 41.5 Å². The molecule has 0 aliphatic heterocycles. The van der Waals surface area contributed by atoms with Gasteiger partial charge in [-0.1, -0.05) is 48.5 Å². The van der Waals surface area contributed by atoms with Crippen LogP contribution in [-0.4, -0.2) is 17.0 Å². The van der Waals surface area contributed by atoms with Gasteiger partial charge in [-0.15, -0.1) is 0 Å². The van der Waals surface area contributed by atoms with Crippen molar-refractivity contribution in [2.24, 2.45) is 0 Å². The van der Waals surface area contributed by atoms with Crippen LogP contribution < -0.4 is 4.74 Å². The molecule has 0 aliphatic rings. The fourth-order valence-corrected chi connectivity index (χ4v) is 2.39. The molecule has 0 unspecified atom stereocenters. The number of carbonyl (C=O) groups is 2. The Labute approximate surface area is 139 Å². The Morgan fingerprint density at radius 2 is 1.50 bits per heavy atom. The largest absolute Gasteiger partial charge is 0.478 e. The van der Waals surface area contributed by atoms with Crippen LogP contribution in [0.5, 0.6) is 5.75 Å². The Hall–Kier alpha value is -3.40. The number of benzene rings is 3. The highest BCUT2D eigenvalue weighted by Crippen LogP contribution is 2.27. The highest BCUT2D eigenvalue weighted by atomic mass is 16.5. The normalized spacial score (nSPS) is 10.2. The van der Waals surface area contributed by atoms with Crippen molar-refractivity contribution in [3.8, 4) is 16.9 Å². The van der Waals surface area contributed by atoms with Crippen molar-refractivity contribution < 1.29 is 19.4 Å². The van der Waals surface area contributed by atoms with Crippen molar-refractivity contribution >= 4 is 11.9 Å². The lowest BCUT2D eigenvalue weighted by atomic mass is 9.99. The van der Waals surface area contributed by atoms with E-state index in [-0.39, 0.29) is 5.56 Å². The molecule has 0 atom stereocenters. The van der Waals surface area contributed by atoms with Gasteiger partial charge < -0.3 is 9.84 Å². The van der Waals surface area contributed by atoms with E-state index in [2.05, 4.69) is 0 Å². The summed E-state index contributed by atoms with van der Waals surface area (Å²) in [6.07, 6.45) is 0. The monoisotopic (exact) mass is 318 g/mol. The number of aromatic carboxylic acids is 1. The van der Waals surface area contributed by atoms with Crippen LogP contribution in [0.4, 0.5) is 0 Å². The minimum absolute atomic E-state index is 0.198. The lowest BCUT2D eigenvalue weighted by Crippen LogP contribution is -2.08. The maximum atomic E-state index is 12.1. The zero-order chi connectivity index (χ0) is 16.9. The Morgan fingerprint density at radius 1 is 0.792 bits per heavy atom. The summed E-state index contributed by atoms with van der Waals surface area (Å²) < 4.78 is 5.38. The SMILES string of the molecule is O=C(Oc1cccc(-c2ccccc2C(=O)O)c1)c1ccccc1. The summed E-state index contributed by atoms with van der Waals surface area (Å²) in [5, 5.41) is 9.31. The Balaban J connectivity index is 1.91. The first-order valence-electron chi connectivity index (χ1n) is 7.35. The summed E-state index contributed by atoms with van der Waals surface area (Å²) >= 11 is 0. The molecule has 3 aromatic rings. The number of rotatable bonds is 4. The topological polar surface area (TPSA) is 63.6 Å². The number of carboxylic acid groups (broad SMARTS) is 1. The van der Waals surface area contributed by atoms with Crippen LogP contribution in [0.2, 0.25) is 0 Å². The van der Waals surface area contributed by atoms with Gasteiger partial charge in [0.1, 0.15) is 5.75 Å². The summed E-state index contributed by atoms with van der Waals surface area (Å²) in [5.41, 5.74) is 1.90. The average molecular weight is 318 g/mol. The molecule has 0 saturated carbocycles. The second kappa shape index (κ2) is 6.79. The highest BCUT2D eigenvalue weighted by Gasteiger charge is 2.13. The Kier molecular flexibility index (Phi) is 4.38. The molecule has 24 heavy (non-hydrogen) atoms. The molecule has 0 aliphatic carbocycles. The molecule has 0 fully saturated rings. The van der Waals surface area contributed by atoms with E-state index in [1.807, 2.05) is 6.07 Å². The lowest BCUT2D eigenvalue weighted by molar-refractivity contribution is 0.0694. The molecule has 3 aromatic carbocycles. The Bertz CT molecular complexity index is 885. The van der Waals surface area contributed by atoms with Gasteiger partial charge in [0.2, 0.25) is 0 Å². The van der Waals surface area contributed by atoms with Crippen LogP contribution >= 0.6 is 0 Å². The third-order valence-corrected chi connectivity index (χ3v) is 3.52. The number of esters is 1. The van der Waals surface area contributed by atoms with Crippen LogP contribution in [0, 0.1) is 0 Å². The number of carboxylic acids is 1. The third-order valence-electron chi connectivity index (χ3n) is 3.52. The van der Waals surface area contributed by atoms with Crippen molar-refractivity contribution in [2.45, 2.75) is 0 Å². The first-order valence-corrected chi connectivity index (χ1v) is 7.35. The van der Waals surface area contributed by atoms with Crippen LogP contribution in [0.1, 0.15) is 20.7 Å². The summed E-state index contributed by atoms with van der Waals surface area (Å²) in [6.45, 7) is 0. The molecule has 0 aromatic heterocycles. The molecule has 0 spiro atoms. The van der Waals surface area contributed by atoms with Crippen LogP contribution in [0.3, 0.4) is 0 Å². The van der Waals surface area contributed by atoms with Gasteiger partial charge in [0, 0.05) is 0 Å². The van der Waals surface area contributed by atoms with E-state index in [0.29, 0.717) is 22.4 Å². The molecular formula is C20H14O4. The number of ether oxygens (including phenoxy) is 1. The van der Waals surface area contributed by atoms with Crippen molar-refractivity contribution in [3.05, 3.63) is 90.0 Å². The van der Waals surface area contributed by atoms with E-state index in [0.717, 1.165) is 0 Å².